The molecule has 2 heterocycles. The van der Waals surface area contributed by atoms with E-state index in [1.807, 2.05) is 0 Å². The molecule has 0 saturated carbocycles. The molecule has 1 saturated heterocycles. The Morgan fingerprint density at radius 2 is 2.16 bits per heavy atom. The molecule has 0 spiro atoms. The molecule has 1 fully saturated rings. The van der Waals surface area contributed by atoms with Crippen molar-refractivity contribution in [3.63, 3.8) is 0 Å². The van der Waals surface area contributed by atoms with Crippen molar-refractivity contribution in [1.29, 1.82) is 0 Å². The number of halogens is 3. The normalized spacial score (nSPS) is 15.3. The standard InChI is InChI=1S/C13H11F3N2O/c14-13(15,16)11-6-1-4-10(17-11)5-2-8-18-9-3-7-12(18)19/h1,4,6H,3,7-9H2. The van der Waals surface area contributed by atoms with Gasteiger partial charge in [0.2, 0.25) is 5.91 Å². The first-order valence-electron chi connectivity index (χ1n) is 5.78. The molecular formula is C13H11F3N2O. The Hall–Kier alpha value is -2.03. The summed E-state index contributed by atoms with van der Waals surface area (Å²) in [5.41, 5.74) is -0.905. The number of rotatable bonds is 1. The Morgan fingerprint density at radius 1 is 1.37 bits per heavy atom. The van der Waals surface area contributed by atoms with Crippen LogP contribution in [-0.4, -0.2) is 28.9 Å². The minimum absolute atomic E-state index is 0.0336. The van der Waals surface area contributed by atoms with Crippen molar-refractivity contribution >= 4 is 5.91 Å². The molecule has 0 aliphatic carbocycles. The Bertz CT molecular complexity index is 543. The van der Waals surface area contributed by atoms with Gasteiger partial charge < -0.3 is 4.90 Å². The first kappa shape index (κ1) is 13.4. The van der Waals surface area contributed by atoms with Crippen molar-refractivity contribution in [2.75, 3.05) is 13.1 Å². The SMILES string of the molecule is O=C1CCCN1CC#Cc1cccc(C(F)(F)F)n1. The van der Waals surface area contributed by atoms with Crippen molar-refractivity contribution in [2.45, 2.75) is 19.0 Å². The van der Waals surface area contributed by atoms with Gasteiger partial charge in [0.1, 0.15) is 11.4 Å². The van der Waals surface area contributed by atoms with E-state index in [-0.39, 0.29) is 18.1 Å². The molecule has 0 aromatic carbocycles. The summed E-state index contributed by atoms with van der Waals surface area (Å²) in [6.45, 7) is 0.889. The van der Waals surface area contributed by atoms with Gasteiger partial charge in [0, 0.05) is 13.0 Å². The van der Waals surface area contributed by atoms with Crippen LogP contribution in [0.4, 0.5) is 13.2 Å². The van der Waals surface area contributed by atoms with E-state index in [9.17, 15) is 18.0 Å². The van der Waals surface area contributed by atoms with Crippen LogP contribution in [0.25, 0.3) is 0 Å². The number of aromatic nitrogens is 1. The molecule has 1 aromatic rings. The van der Waals surface area contributed by atoms with Gasteiger partial charge in [-0.1, -0.05) is 12.0 Å². The van der Waals surface area contributed by atoms with E-state index < -0.39 is 11.9 Å². The first-order valence-corrected chi connectivity index (χ1v) is 5.78. The van der Waals surface area contributed by atoms with Gasteiger partial charge in [0.25, 0.3) is 0 Å². The second-order valence-electron chi connectivity index (χ2n) is 4.13. The lowest BCUT2D eigenvalue weighted by molar-refractivity contribution is -0.141. The number of hydrogen-bond donors (Lipinski definition) is 0. The number of amides is 1. The van der Waals surface area contributed by atoms with Crippen LogP contribution in [0.15, 0.2) is 18.2 Å². The van der Waals surface area contributed by atoms with Gasteiger partial charge in [-0.15, -0.1) is 0 Å². The van der Waals surface area contributed by atoms with Crippen molar-refractivity contribution in [2.24, 2.45) is 0 Å². The zero-order valence-corrected chi connectivity index (χ0v) is 10.00. The topological polar surface area (TPSA) is 33.2 Å². The maximum absolute atomic E-state index is 12.4. The third-order valence-corrected chi connectivity index (χ3v) is 2.70. The van der Waals surface area contributed by atoms with Crippen LogP contribution in [0.1, 0.15) is 24.2 Å². The predicted octanol–water partition coefficient (Wildman–Crippen LogP) is 2.07. The molecule has 3 nitrogen and oxygen atoms in total. The second kappa shape index (κ2) is 5.31. The molecule has 1 aromatic heterocycles. The quantitative estimate of drug-likeness (QED) is 0.731. The largest absolute Gasteiger partial charge is 0.433 e. The van der Waals surface area contributed by atoms with Crippen LogP contribution in [0, 0.1) is 11.8 Å². The second-order valence-corrected chi connectivity index (χ2v) is 4.13. The molecule has 0 radical (unpaired) electrons. The van der Waals surface area contributed by atoms with Crippen molar-refractivity contribution in [3.05, 3.63) is 29.6 Å². The molecular weight excluding hydrogens is 257 g/mol. The number of likely N-dealkylation sites (tertiary alicyclic amines) is 1. The molecule has 6 heteroatoms. The summed E-state index contributed by atoms with van der Waals surface area (Å²) in [6.07, 6.45) is -3.14. The van der Waals surface area contributed by atoms with Gasteiger partial charge in [-0.3, -0.25) is 4.79 Å². The van der Waals surface area contributed by atoms with Crippen LogP contribution in [-0.2, 0) is 11.0 Å². The molecule has 1 amide bonds. The fourth-order valence-corrected chi connectivity index (χ4v) is 1.76. The molecule has 0 atom stereocenters. The lowest BCUT2D eigenvalue weighted by Gasteiger charge is -2.09. The number of nitrogens with zero attached hydrogens (tertiary/aromatic N) is 2. The third-order valence-electron chi connectivity index (χ3n) is 2.70. The van der Waals surface area contributed by atoms with Crippen LogP contribution < -0.4 is 0 Å². The molecule has 0 N–H and O–H groups in total. The van der Waals surface area contributed by atoms with Gasteiger partial charge in [-0.2, -0.15) is 13.2 Å². The van der Waals surface area contributed by atoms with Crippen LogP contribution >= 0.6 is 0 Å². The molecule has 0 unspecified atom stereocenters. The number of carbonyl (C=O) groups is 1. The van der Waals surface area contributed by atoms with Crippen molar-refractivity contribution < 1.29 is 18.0 Å². The van der Waals surface area contributed by atoms with E-state index in [0.29, 0.717) is 13.0 Å². The number of alkyl halides is 3. The molecule has 1 aliphatic heterocycles. The van der Waals surface area contributed by atoms with E-state index in [4.69, 9.17) is 0 Å². The highest BCUT2D eigenvalue weighted by Crippen LogP contribution is 2.27. The van der Waals surface area contributed by atoms with Crippen LogP contribution in [0.5, 0.6) is 0 Å². The summed E-state index contributed by atoms with van der Waals surface area (Å²) in [6, 6.07) is 3.57. The number of carbonyl (C=O) groups excluding carboxylic acids is 1. The van der Waals surface area contributed by atoms with E-state index in [2.05, 4.69) is 16.8 Å². The summed E-state index contributed by atoms with van der Waals surface area (Å²) in [5.74, 6) is 5.26. The zero-order chi connectivity index (χ0) is 13.9. The van der Waals surface area contributed by atoms with Crippen molar-refractivity contribution in [1.82, 2.24) is 9.88 Å². The minimum atomic E-state index is -4.47. The average molecular weight is 268 g/mol. The average Bonchev–Trinajstić information content (AvgIpc) is 2.75. The minimum Gasteiger partial charge on any atom is -0.332 e. The Labute approximate surface area is 108 Å². The molecule has 19 heavy (non-hydrogen) atoms. The van der Waals surface area contributed by atoms with E-state index >= 15 is 0 Å². The molecule has 0 bridgehead atoms. The summed E-state index contributed by atoms with van der Waals surface area (Å²) < 4.78 is 37.3. The van der Waals surface area contributed by atoms with Crippen molar-refractivity contribution in [3.8, 4) is 11.8 Å². The Balaban J connectivity index is 2.05. The smallest absolute Gasteiger partial charge is 0.332 e. The van der Waals surface area contributed by atoms with Gasteiger partial charge in [0.05, 0.1) is 6.54 Å². The zero-order valence-electron chi connectivity index (χ0n) is 10.00. The summed E-state index contributed by atoms with van der Waals surface area (Å²) in [4.78, 5) is 16.3. The monoisotopic (exact) mass is 268 g/mol. The highest BCUT2D eigenvalue weighted by atomic mass is 19.4. The predicted molar refractivity (Wildman–Crippen MR) is 61.9 cm³/mol. The van der Waals surface area contributed by atoms with Gasteiger partial charge in [0.15, 0.2) is 0 Å². The summed E-state index contributed by atoms with van der Waals surface area (Å²) in [5, 5.41) is 0. The van der Waals surface area contributed by atoms with E-state index in [1.54, 1.807) is 4.90 Å². The molecule has 1 aliphatic rings. The van der Waals surface area contributed by atoms with Crippen LogP contribution in [0.3, 0.4) is 0 Å². The highest BCUT2D eigenvalue weighted by Gasteiger charge is 2.32. The maximum atomic E-state index is 12.4. The lowest BCUT2D eigenvalue weighted by atomic mass is 10.3. The highest BCUT2D eigenvalue weighted by molar-refractivity contribution is 5.78. The van der Waals surface area contributed by atoms with Crippen LogP contribution in [0.2, 0.25) is 0 Å². The number of hydrogen-bond acceptors (Lipinski definition) is 2. The molecule has 2 rings (SSSR count). The number of pyridine rings is 1. The fourth-order valence-electron chi connectivity index (χ4n) is 1.76. The maximum Gasteiger partial charge on any atom is 0.433 e. The lowest BCUT2D eigenvalue weighted by Crippen LogP contribution is -2.24. The van der Waals surface area contributed by atoms with E-state index in [0.717, 1.165) is 12.5 Å². The summed E-state index contributed by atoms with van der Waals surface area (Å²) in [7, 11) is 0. The van der Waals surface area contributed by atoms with Gasteiger partial charge in [-0.05, 0) is 24.5 Å². The van der Waals surface area contributed by atoms with E-state index in [1.165, 1.54) is 12.1 Å². The Kier molecular flexibility index (Phi) is 3.74. The fraction of sp³-hybridized carbons (Fsp3) is 0.385. The molecule has 100 valence electrons. The van der Waals surface area contributed by atoms with Gasteiger partial charge >= 0.3 is 6.18 Å². The first-order chi connectivity index (χ1) is 8.97. The Morgan fingerprint density at radius 3 is 2.79 bits per heavy atom. The summed E-state index contributed by atoms with van der Waals surface area (Å²) >= 11 is 0. The van der Waals surface area contributed by atoms with Gasteiger partial charge in [-0.25, -0.2) is 4.98 Å². The third kappa shape index (κ3) is 3.47.